The van der Waals surface area contributed by atoms with Crippen LogP contribution in [0.5, 0.6) is 17.2 Å². The zero-order valence-corrected chi connectivity index (χ0v) is 14.6. The quantitative estimate of drug-likeness (QED) is 0.557. The summed E-state index contributed by atoms with van der Waals surface area (Å²) in [7, 11) is 3.13. The maximum Gasteiger partial charge on any atom is 0.161 e. The number of methoxy groups -OCH3 is 2. The summed E-state index contributed by atoms with van der Waals surface area (Å²) in [5.74, 6) is 1.81. The summed E-state index contributed by atoms with van der Waals surface area (Å²) in [6.45, 7) is 2.44. The number of halogens is 1. The number of nitrogens with zero attached hydrogens (tertiary/aromatic N) is 1. The van der Waals surface area contributed by atoms with E-state index in [-0.39, 0.29) is 0 Å². The number of rotatable bonds is 6. The fourth-order valence-electron chi connectivity index (χ4n) is 2.23. The number of allylic oxidation sites excluding steroid dienone is 1. The lowest BCUT2D eigenvalue weighted by atomic mass is 10.0. The SMILES string of the molecule is CCOc1ccc(/C=C(\C#N)c2ccc(OC)c(OC)c2)cc1Cl. The van der Waals surface area contributed by atoms with Crippen LogP contribution in [0, 0.1) is 11.3 Å². The molecule has 0 saturated heterocycles. The van der Waals surface area contributed by atoms with Crippen molar-refractivity contribution in [2.45, 2.75) is 6.92 Å². The highest BCUT2D eigenvalue weighted by Gasteiger charge is 2.09. The average Bonchev–Trinajstić information content (AvgIpc) is 2.61. The van der Waals surface area contributed by atoms with Gasteiger partial charge >= 0.3 is 0 Å². The lowest BCUT2D eigenvalue weighted by Crippen LogP contribution is -1.93. The first-order valence-corrected chi connectivity index (χ1v) is 7.77. The number of hydrogen-bond acceptors (Lipinski definition) is 4. The van der Waals surface area contributed by atoms with Gasteiger partial charge in [-0.05, 0) is 54.5 Å². The molecule has 0 aliphatic carbocycles. The molecule has 5 heteroatoms. The predicted octanol–water partition coefficient (Wildman–Crippen LogP) is 4.82. The van der Waals surface area contributed by atoms with E-state index < -0.39 is 0 Å². The first-order valence-electron chi connectivity index (χ1n) is 7.39. The Labute approximate surface area is 146 Å². The van der Waals surface area contributed by atoms with Gasteiger partial charge in [0.1, 0.15) is 5.75 Å². The molecule has 0 atom stereocenters. The van der Waals surface area contributed by atoms with Crippen LogP contribution in [0.3, 0.4) is 0 Å². The van der Waals surface area contributed by atoms with Gasteiger partial charge in [0.15, 0.2) is 11.5 Å². The molecule has 2 rings (SSSR count). The van der Waals surface area contributed by atoms with Crippen LogP contribution in [0.1, 0.15) is 18.1 Å². The minimum atomic E-state index is 0.496. The summed E-state index contributed by atoms with van der Waals surface area (Å²) in [6.07, 6.45) is 1.77. The summed E-state index contributed by atoms with van der Waals surface area (Å²) >= 11 is 6.19. The van der Waals surface area contributed by atoms with Gasteiger partial charge < -0.3 is 14.2 Å². The summed E-state index contributed by atoms with van der Waals surface area (Å²) in [5.41, 5.74) is 2.05. The van der Waals surface area contributed by atoms with Gasteiger partial charge in [0, 0.05) is 0 Å². The number of ether oxygens (including phenoxy) is 3. The maximum absolute atomic E-state index is 9.49. The Morgan fingerprint density at radius 2 is 1.79 bits per heavy atom. The zero-order chi connectivity index (χ0) is 17.5. The Kier molecular flexibility index (Phi) is 6.11. The molecule has 0 aliphatic heterocycles. The lowest BCUT2D eigenvalue weighted by molar-refractivity contribution is 0.340. The minimum Gasteiger partial charge on any atom is -0.493 e. The molecule has 2 aromatic rings. The molecule has 0 N–H and O–H groups in total. The first kappa shape index (κ1) is 17.7. The molecule has 124 valence electrons. The molecular formula is C19H18ClNO3. The van der Waals surface area contributed by atoms with E-state index in [9.17, 15) is 5.26 Å². The van der Waals surface area contributed by atoms with Crippen molar-refractivity contribution < 1.29 is 14.2 Å². The molecule has 0 amide bonds. The van der Waals surface area contributed by atoms with Crippen molar-refractivity contribution in [2.24, 2.45) is 0 Å². The van der Waals surface area contributed by atoms with Crippen LogP contribution in [-0.2, 0) is 0 Å². The molecule has 0 aliphatic rings. The fraction of sp³-hybridized carbons (Fsp3) is 0.211. The van der Waals surface area contributed by atoms with Crippen LogP contribution < -0.4 is 14.2 Å². The maximum atomic E-state index is 9.49. The average molecular weight is 344 g/mol. The van der Waals surface area contributed by atoms with Crippen LogP contribution in [0.15, 0.2) is 36.4 Å². The molecule has 24 heavy (non-hydrogen) atoms. The summed E-state index contributed by atoms with van der Waals surface area (Å²) in [5, 5.41) is 10.0. The second kappa shape index (κ2) is 8.28. The predicted molar refractivity (Wildman–Crippen MR) is 95.7 cm³/mol. The van der Waals surface area contributed by atoms with E-state index in [1.165, 1.54) is 0 Å². The Bertz CT molecular complexity index is 794. The first-order chi connectivity index (χ1) is 11.6. The van der Waals surface area contributed by atoms with E-state index in [4.69, 9.17) is 25.8 Å². The number of benzene rings is 2. The van der Waals surface area contributed by atoms with Crippen molar-refractivity contribution in [1.82, 2.24) is 0 Å². The molecule has 0 aromatic heterocycles. The highest BCUT2D eigenvalue weighted by molar-refractivity contribution is 6.32. The highest BCUT2D eigenvalue weighted by Crippen LogP contribution is 2.32. The van der Waals surface area contributed by atoms with Crippen LogP contribution in [-0.4, -0.2) is 20.8 Å². The fourth-order valence-corrected chi connectivity index (χ4v) is 2.47. The molecule has 0 heterocycles. The third kappa shape index (κ3) is 4.01. The van der Waals surface area contributed by atoms with E-state index in [1.807, 2.05) is 19.1 Å². The number of nitriles is 1. The van der Waals surface area contributed by atoms with Gasteiger partial charge in [-0.1, -0.05) is 17.7 Å². The zero-order valence-electron chi connectivity index (χ0n) is 13.8. The Morgan fingerprint density at radius 3 is 2.38 bits per heavy atom. The second-order valence-electron chi connectivity index (χ2n) is 4.86. The van der Waals surface area contributed by atoms with Crippen LogP contribution in [0.25, 0.3) is 11.6 Å². The molecule has 0 saturated carbocycles. The Hall–Kier alpha value is -2.64. The van der Waals surface area contributed by atoms with Crippen LogP contribution >= 0.6 is 11.6 Å². The molecule has 0 bridgehead atoms. The van der Waals surface area contributed by atoms with Crippen molar-refractivity contribution >= 4 is 23.3 Å². The van der Waals surface area contributed by atoms with Crippen LogP contribution in [0.4, 0.5) is 0 Å². The van der Waals surface area contributed by atoms with Gasteiger partial charge in [0.05, 0.1) is 37.5 Å². The Balaban J connectivity index is 2.39. The molecule has 4 nitrogen and oxygen atoms in total. The van der Waals surface area contributed by atoms with E-state index in [1.54, 1.807) is 44.6 Å². The van der Waals surface area contributed by atoms with Crippen molar-refractivity contribution in [3.63, 3.8) is 0 Å². The smallest absolute Gasteiger partial charge is 0.161 e. The van der Waals surface area contributed by atoms with Gasteiger partial charge in [-0.2, -0.15) is 5.26 Å². The summed E-state index contributed by atoms with van der Waals surface area (Å²) in [4.78, 5) is 0. The van der Waals surface area contributed by atoms with E-state index in [0.29, 0.717) is 34.5 Å². The van der Waals surface area contributed by atoms with Crippen molar-refractivity contribution in [3.05, 3.63) is 52.5 Å². The normalized spacial score (nSPS) is 10.9. The molecule has 0 fully saturated rings. The molecule has 2 aromatic carbocycles. The van der Waals surface area contributed by atoms with Gasteiger partial charge in [-0.3, -0.25) is 0 Å². The third-order valence-electron chi connectivity index (χ3n) is 3.38. The molecular weight excluding hydrogens is 326 g/mol. The van der Waals surface area contributed by atoms with Crippen molar-refractivity contribution in [2.75, 3.05) is 20.8 Å². The van der Waals surface area contributed by atoms with Gasteiger partial charge in [-0.25, -0.2) is 0 Å². The van der Waals surface area contributed by atoms with E-state index in [2.05, 4.69) is 6.07 Å². The van der Waals surface area contributed by atoms with Crippen molar-refractivity contribution in [1.29, 1.82) is 5.26 Å². The van der Waals surface area contributed by atoms with Crippen LogP contribution in [0.2, 0.25) is 5.02 Å². The second-order valence-corrected chi connectivity index (χ2v) is 5.27. The monoisotopic (exact) mass is 343 g/mol. The summed E-state index contributed by atoms with van der Waals surface area (Å²) in [6, 6.07) is 13.0. The standard InChI is InChI=1S/C19H18ClNO3/c1-4-24-17-7-5-13(10-16(17)20)9-15(12-21)14-6-8-18(22-2)19(11-14)23-3/h5-11H,4H2,1-3H3/b15-9+. The minimum absolute atomic E-state index is 0.496. The van der Waals surface area contributed by atoms with Crippen molar-refractivity contribution in [3.8, 4) is 23.3 Å². The number of hydrogen-bond donors (Lipinski definition) is 0. The topological polar surface area (TPSA) is 51.5 Å². The van der Waals surface area contributed by atoms with E-state index in [0.717, 1.165) is 11.1 Å². The Morgan fingerprint density at radius 1 is 1.08 bits per heavy atom. The molecule has 0 unspecified atom stereocenters. The molecule has 0 spiro atoms. The summed E-state index contributed by atoms with van der Waals surface area (Å²) < 4.78 is 15.9. The highest BCUT2D eigenvalue weighted by atomic mass is 35.5. The van der Waals surface area contributed by atoms with Gasteiger partial charge in [0.2, 0.25) is 0 Å². The van der Waals surface area contributed by atoms with Gasteiger partial charge in [0.25, 0.3) is 0 Å². The van der Waals surface area contributed by atoms with Gasteiger partial charge in [-0.15, -0.1) is 0 Å². The molecule has 0 radical (unpaired) electrons. The third-order valence-corrected chi connectivity index (χ3v) is 3.68. The largest absolute Gasteiger partial charge is 0.493 e. The van der Waals surface area contributed by atoms with E-state index >= 15 is 0 Å². The lowest BCUT2D eigenvalue weighted by Gasteiger charge is -2.09.